The summed E-state index contributed by atoms with van der Waals surface area (Å²) in [5.74, 6) is -1.74. The number of amides is 2. The number of nitrogens with zero attached hydrogens (tertiary/aromatic N) is 1. The standard InChI is InChI=1S/C13H14N2O4/c14-10(13(18)19)6-3-7-15-11(16)8-4-1-2-5-9(8)12(15)17/h1-2,4-5,10H,3,6-7,14H2,(H,18,19)/t10-/m0/s1. The van der Waals surface area contributed by atoms with Crippen molar-refractivity contribution in [2.24, 2.45) is 5.73 Å². The number of carbonyl (C=O) groups is 3. The summed E-state index contributed by atoms with van der Waals surface area (Å²) in [6.07, 6.45) is 0.599. The lowest BCUT2D eigenvalue weighted by atomic mass is 10.1. The predicted octanol–water partition coefficient (Wildman–Crippen LogP) is 0.475. The van der Waals surface area contributed by atoms with E-state index < -0.39 is 12.0 Å². The van der Waals surface area contributed by atoms with Gasteiger partial charge in [0.05, 0.1) is 11.1 Å². The van der Waals surface area contributed by atoms with Crippen molar-refractivity contribution in [2.75, 3.05) is 6.54 Å². The minimum Gasteiger partial charge on any atom is -0.480 e. The molecule has 19 heavy (non-hydrogen) atoms. The number of hydrogen-bond acceptors (Lipinski definition) is 4. The molecule has 0 unspecified atom stereocenters. The Morgan fingerprint density at radius 3 is 2.21 bits per heavy atom. The molecule has 0 aliphatic carbocycles. The van der Waals surface area contributed by atoms with Gasteiger partial charge < -0.3 is 10.8 Å². The van der Waals surface area contributed by atoms with E-state index in [9.17, 15) is 14.4 Å². The van der Waals surface area contributed by atoms with Gasteiger partial charge in [0.2, 0.25) is 0 Å². The molecule has 0 saturated carbocycles. The number of aliphatic carboxylic acids is 1. The normalized spacial score (nSPS) is 15.5. The van der Waals surface area contributed by atoms with E-state index in [0.717, 1.165) is 4.90 Å². The molecular formula is C13H14N2O4. The van der Waals surface area contributed by atoms with E-state index in [2.05, 4.69) is 0 Å². The van der Waals surface area contributed by atoms with Crippen LogP contribution in [-0.2, 0) is 4.79 Å². The Labute approximate surface area is 109 Å². The number of fused-ring (bicyclic) bond motifs is 1. The first-order valence-corrected chi connectivity index (χ1v) is 5.96. The van der Waals surface area contributed by atoms with Gasteiger partial charge in [-0.1, -0.05) is 12.1 Å². The largest absolute Gasteiger partial charge is 0.480 e. The molecule has 1 aromatic rings. The maximum absolute atomic E-state index is 12.0. The summed E-state index contributed by atoms with van der Waals surface area (Å²) in [6.45, 7) is 0.188. The van der Waals surface area contributed by atoms with E-state index in [0.29, 0.717) is 17.5 Å². The van der Waals surface area contributed by atoms with Crippen molar-refractivity contribution in [3.63, 3.8) is 0 Å². The number of hydrogen-bond donors (Lipinski definition) is 2. The summed E-state index contributed by atoms with van der Waals surface area (Å²) in [4.78, 5) is 35.6. The van der Waals surface area contributed by atoms with Crippen LogP contribution >= 0.6 is 0 Å². The van der Waals surface area contributed by atoms with Gasteiger partial charge in [-0.3, -0.25) is 19.3 Å². The summed E-state index contributed by atoms with van der Waals surface area (Å²) in [5, 5.41) is 8.65. The van der Waals surface area contributed by atoms with Crippen molar-refractivity contribution in [2.45, 2.75) is 18.9 Å². The molecule has 2 amide bonds. The first-order valence-electron chi connectivity index (χ1n) is 5.96. The highest BCUT2D eigenvalue weighted by Crippen LogP contribution is 2.22. The maximum Gasteiger partial charge on any atom is 0.320 e. The SMILES string of the molecule is N[C@@H](CCCN1C(=O)c2ccccc2C1=O)C(=O)O. The summed E-state index contributed by atoms with van der Waals surface area (Å²) in [7, 11) is 0. The second-order valence-corrected chi connectivity index (χ2v) is 4.39. The smallest absolute Gasteiger partial charge is 0.320 e. The van der Waals surface area contributed by atoms with Crippen LogP contribution in [0.1, 0.15) is 33.6 Å². The van der Waals surface area contributed by atoms with Crippen LogP contribution < -0.4 is 5.73 Å². The fourth-order valence-electron chi connectivity index (χ4n) is 2.04. The van der Waals surface area contributed by atoms with Gasteiger partial charge in [0.1, 0.15) is 6.04 Å². The van der Waals surface area contributed by atoms with Gasteiger partial charge in [-0.05, 0) is 25.0 Å². The van der Waals surface area contributed by atoms with Gasteiger partial charge in [0.15, 0.2) is 0 Å². The van der Waals surface area contributed by atoms with Crippen molar-refractivity contribution >= 4 is 17.8 Å². The Balaban J connectivity index is 1.99. The second kappa shape index (κ2) is 5.19. The number of nitrogens with two attached hydrogens (primary N) is 1. The number of carboxylic acids is 1. The zero-order valence-corrected chi connectivity index (χ0v) is 10.2. The lowest BCUT2D eigenvalue weighted by Crippen LogP contribution is -2.34. The van der Waals surface area contributed by atoms with Crippen molar-refractivity contribution in [1.82, 2.24) is 4.90 Å². The minimum atomic E-state index is -1.08. The maximum atomic E-state index is 12.0. The zero-order chi connectivity index (χ0) is 14.0. The molecule has 1 atom stereocenters. The highest BCUT2D eigenvalue weighted by atomic mass is 16.4. The fourth-order valence-corrected chi connectivity index (χ4v) is 2.04. The van der Waals surface area contributed by atoms with Crippen LogP contribution in [0.25, 0.3) is 0 Å². The molecule has 6 nitrogen and oxygen atoms in total. The van der Waals surface area contributed by atoms with Crippen LogP contribution in [0.3, 0.4) is 0 Å². The average molecular weight is 262 g/mol. The first-order chi connectivity index (χ1) is 9.02. The molecule has 1 aromatic carbocycles. The van der Waals surface area contributed by atoms with Gasteiger partial charge >= 0.3 is 5.97 Å². The fraction of sp³-hybridized carbons (Fsp3) is 0.308. The molecule has 0 saturated heterocycles. The van der Waals surface area contributed by atoms with Crippen molar-refractivity contribution in [3.8, 4) is 0 Å². The van der Waals surface area contributed by atoms with E-state index in [1.807, 2.05) is 0 Å². The highest BCUT2D eigenvalue weighted by Gasteiger charge is 2.34. The summed E-state index contributed by atoms with van der Waals surface area (Å²) >= 11 is 0. The molecule has 0 aromatic heterocycles. The lowest BCUT2D eigenvalue weighted by molar-refractivity contribution is -0.138. The molecular weight excluding hydrogens is 248 g/mol. The van der Waals surface area contributed by atoms with Crippen LogP contribution in [0.4, 0.5) is 0 Å². The summed E-state index contributed by atoms with van der Waals surface area (Å²) in [5.41, 5.74) is 6.16. The summed E-state index contributed by atoms with van der Waals surface area (Å²) < 4.78 is 0. The lowest BCUT2D eigenvalue weighted by Gasteiger charge is -2.14. The van der Waals surface area contributed by atoms with E-state index in [1.165, 1.54) is 0 Å². The van der Waals surface area contributed by atoms with Gasteiger partial charge in [-0.15, -0.1) is 0 Å². The van der Waals surface area contributed by atoms with Gasteiger partial charge in [-0.25, -0.2) is 0 Å². The van der Waals surface area contributed by atoms with Crippen molar-refractivity contribution < 1.29 is 19.5 Å². The van der Waals surface area contributed by atoms with Gasteiger partial charge in [-0.2, -0.15) is 0 Å². The molecule has 1 aliphatic rings. The number of carbonyl (C=O) groups excluding carboxylic acids is 2. The molecule has 0 radical (unpaired) electrons. The van der Waals surface area contributed by atoms with Gasteiger partial charge in [0.25, 0.3) is 11.8 Å². The topological polar surface area (TPSA) is 101 Å². The van der Waals surface area contributed by atoms with Crippen LogP contribution in [0, 0.1) is 0 Å². The van der Waals surface area contributed by atoms with Crippen LogP contribution in [0.2, 0.25) is 0 Å². The van der Waals surface area contributed by atoms with Crippen LogP contribution in [0.5, 0.6) is 0 Å². The van der Waals surface area contributed by atoms with E-state index >= 15 is 0 Å². The van der Waals surface area contributed by atoms with Gasteiger partial charge in [0, 0.05) is 6.54 Å². The zero-order valence-electron chi connectivity index (χ0n) is 10.2. The molecule has 0 fully saturated rings. The van der Waals surface area contributed by atoms with Crippen molar-refractivity contribution in [1.29, 1.82) is 0 Å². The molecule has 6 heteroatoms. The highest BCUT2D eigenvalue weighted by molar-refractivity contribution is 6.21. The molecule has 0 bridgehead atoms. The molecule has 100 valence electrons. The quantitative estimate of drug-likeness (QED) is 0.751. The Morgan fingerprint density at radius 2 is 1.74 bits per heavy atom. The summed E-state index contributed by atoms with van der Waals surface area (Å²) in [6, 6.07) is 5.66. The molecule has 0 spiro atoms. The number of benzene rings is 1. The Hall–Kier alpha value is -2.21. The molecule has 3 N–H and O–H groups in total. The molecule has 2 rings (SSSR count). The van der Waals surface area contributed by atoms with E-state index in [1.54, 1.807) is 24.3 Å². The predicted molar refractivity (Wildman–Crippen MR) is 66.7 cm³/mol. The van der Waals surface area contributed by atoms with E-state index in [-0.39, 0.29) is 24.8 Å². The Bertz CT molecular complexity index is 506. The third-order valence-corrected chi connectivity index (χ3v) is 3.09. The third-order valence-electron chi connectivity index (χ3n) is 3.09. The number of imide groups is 1. The monoisotopic (exact) mass is 262 g/mol. The molecule has 1 aliphatic heterocycles. The van der Waals surface area contributed by atoms with Crippen LogP contribution in [0.15, 0.2) is 24.3 Å². The second-order valence-electron chi connectivity index (χ2n) is 4.39. The first kappa shape index (κ1) is 13.2. The third kappa shape index (κ3) is 2.48. The Kier molecular flexibility index (Phi) is 3.62. The number of carboxylic acid groups (broad SMARTS) is 1. The Morgan fingerprint density at radius 1 is 1.21 bits per heavy atom. The van der Waals surface area contributed by atoms with Crippen LogP contribution in [-0.4, -0.2) is 40.4 Å². The number of rotatable bonds is 5. The van der Waals surface area contributed by atoms with E-state index in [4.69, 9.17) is 10.8 Å². The van der Waals surface area contributed by atoms with Crippen molar-refractivity contribution in [3.05, 3.63) is 35.4 Å². The molecule has 1 heterocycles. The minimum absolute atomic E-state index is 0.188. The average Bonchev–Trinajstić information content (AvgIpc) is 2.64.